The van der Waals surface area contributed by atoms with Crippen molar-refractivity contribution in [1.82, 2.24) is 15.3 Å². The number of carbonyl (C=O) groups is 2. The molecule has 7 heteroatoms. The van der Waals surface area contributed by atoms with E-state index in [0.29, 0.717) is 12.1 Å². The Morgan fingerprint density at radius 1 is 1.08 bits per heavy atom. The first-order valence-corrected chi connectivity index (χ1v) is 13.2. The van der Waals surface area contributed by atoms with Gasteiger partial charge in [0.2, 0.25) is 5.89 Å². The lowest BCUT2D eigenvalue weighted by Gasteiger charge is -2.25. The first kappa shape index (κ1) is 26.3. The van der Waals surface area contributed by atoms with Gasteiger partial charge in [-0.2, -0.15) is 0 Å². The number of amides is 1. The SMILES string of the molecule is O=C(NCCCCC1CCCCC1)c1coc(C(CC=Cc2cccnc2)(C(=O)O)c2ccccc2)n1. The number of nitrogens with one attached hydrogen (secondary N) is 1. The van der Waals surface area contributed by atoms with Crippen molar-refractivity contribution in [2.75, 3.05) is 6.54 Å². The maximum atomic E-state index is 12.8. The van der Waals surface area contributed by atoms with Crippen molar-refractivity contribution in [1.29, 1.82) is 0 Å². The van der Waals surface area contributed by atoms with Crippen molar-refractivity contribution in [2.45, 2.75) is 63.2 Å². The molecular weight excluding hydrogens is 466 g/mol. The van der Waals surface area contributed by atoms with E-state index in [1.807, 2.05) is 24.3 Å². The monoisotopic (exact) mass is 501 g/mol. The normalized spacial score (nSPS) is 15.9. The Kier molecular flexibility index (Phi) is 9.24. The third-order valence-electron chi connectivity index (χ3n) is 7.20. The van der Waals surface area contributed by atoms with E-state index in [-0.39, 0.29) is 23.9 Å². The molecule has 1 aliphatic rings. The van der Waals surface area contributed by atoms with Crippen molar-refractivity contribution < 1.29 is 19.1 Å². The highest BCUT2D eigenvalue weighted by molar-refractivity contribution is 5.92. The van der Waals surface area contributed by atoms with E-state index >= 15 is 0 Å². The molecular formula is C30H35N3O4. The van der Waals surface area contributed by atoms with Gasteiger partial charge in [-0.05, 0) is 36.0 Å². The van der Waals surface area contributed by atoms with Gasteiger partial charge in [0.25, 0.3) is 5.91 Å². The van der Waals surface area contributed by atoms with Gasteiger partial charge in [-0.25, -0.2) is 4.98 Å². The zero-order chi connectivity index (χ0) is 25.9. The average Bonchev–Trinajstić information content (AvgIpc) is 3.43. The van der Waals surface area contributed by atoms with Gasteiger partial charge in [0.1, 0.15) is 6.26 Å². The van der Waals surface area contributed by atoms with Crippen molar-refractivity contribution in [2.24, 2.45) is 5.92 Å². The smallest absolute Gasteiger partial charge is 0.324 e. The zero-order valence-electron chi connectivity index (χ0n) is 21.1. The molecule has 1 aromatic carbocycles. The minimum Gasteiger partial charge on any atom is -0.480 e. The predicted octanol–water partition coefficient (Wildman–Crippen LogP) is 6.02. The van der Waals surface area contributed by atoms with Crippen LogP contribution < -0.4 is 5.32 Å². The molecule has 1 atom stereocenters. The second kappa shape index (κ2) is 13.0. The second-order valence-corrected chi connectivity index (χ2v) is 9.76. The molecule has 7 nitrogen and oxygen atoms in total. The highest BCUT2D eigenvalue weighted by atomic mass is 16.4. The Morgan fingerprint density at radius 2 is 1.89 bits per heavy atom. The summed E-state index contributed by atoms with van der Waals surface area (Å²) >= 11 is 0. The molecule has 0 bridgehead atoms. The molecule has 1 amide bonds. The summed E-state index contributed by atoms with van der Waals surface area (Å²) in [6.45, 7) is 0.560. The van der Waals surface area contributed by atoms with Crippen LogP contribution in [-0.4, -0.2) is 33.5 Å². The number of carbonyl (C=O) groups excluding carboxylic acids is 1. The Morgan fingerprint density at radius 3 is 2.62 bits per heavy atom. The molecule has 1 saturated carbocycles. The Hall–Kier alpha value is -3.74. The van der Waals surface area contributed by atoms with Gasteiger partial charge in [-0.1, -0.05) is 93.5 Å². The first-order valence-electron chi connectivity index (χ1n) is 13.2. The summed E-state index contributed by atoms with van der Waals surface area (Å²) in [6, 6.07) is 12.6. The van der Waals surface area contributed by atoms with Crippen molar-refractivity contribution in [3.05, 3.63) is 89.9 Å². The van der Waals surface area contributed by atoms with Crippen LogP contribution in [-0.2, 0) is 10.2 Å². The highest BCUT2D eigenvalue weighted by Gasteiger charge is 2.46. The number of carboxylic acid groups (broad SMARTS) is 1. The molecule has 4 rings (SSSR count). The summed E-state index contributed by atoms with van der Waals surface area (Å²) in [5.41, 5.74) is -0.126. The van der Waals surface area contributed by atoms with Crippen LogP contribution in [0.15, 0.2) is 71.6 Å². The lowest BCUT2D eigenvalue weighted by Crippen LogP contribution is -2.37. The molecule has 0 aliphatic heterocycles. The molecule has 3 aromatic rings. The molecule has 2 heterocycles. The second-order valence-electron chi connectivity index (χ2n) is 9.76. The topological polar surface area (TPSA) is 105 Å². The highest BCUT2D eigenvalue weighted by Crippen LogP contribution is 2.36. The molecule has 1 aliphatic carbocycles. The predicted molar refractivity (Wildman–Crippen MR) is 142 cm³/mol. The maximum Gasteiger partial charge on any atom is 0.324 e. The number of oxazole rings is 1. The van der Waals surface area contributed by atoms with Gasteiger partial charge in [-0.15, -0.1) is 0 Å². The third kappa shape index (κ3) is 6.73. The van der Waals surface area contributed by atoms with E-state index in [1.165, 1.54) is 44.8 Å². The van der Waals surface area contributed by atoms with E-state index in [1.54, 1.807) is 42.7 Å². The fourth-order valence-electron chi connectivity index (χ4n) is 5.10. The minimum atomic E-state index is -1.58. The fourth-order valence-corrected chi connectivity index (χ4v) is 5.10. The molecule has 2 aromatic heterocycles. The fraction of sp³-hybridized carbons (Fsp3) is 0.400. The van der Waals surface area contributed by atoms with Crippen LogP contribution in [0.3, 0.4) is 0 Å². The number of hydrogen-bond acceptors (Lipinski definition) is 5. The molecule has 0 spiro atoms. The summed E-state index contributed by atoms with van der Waals surface area (Å²) in [6.07, 6.45) is 18.2. The molecule has 1 fully saturated rings. The van der Waals surface area contributed by atoms with Crippen LogP contribution in [0.1, 0.15) is 85.3 Å². The van der Waals surface area contributed by atoms with E-state index in [2.05, 4.69) is 15.3 Å². The van der Waals surface area contributed by atoms with Crippen molar-refractivity contribution in [3.63, 3.8) is 0 Å². The largest absolute Gasteiger partial charge is 0.480 e. The number of allylic oxidation sites excluding steroid dienone is 1. The van der Waals surface area contributed by atoms with Crippen LogP contribution in [0.5, 0.6) is 0 Å². The number of carboxylic acids is 1. The summed E-state index contributed by atoms with van der Waals surface area (Å²) < 4.78 is 5.68. The lowest BCUT2D eigenvalue weighted by atomic mass is 9.77. The number of rotatable bonds is 12. The Labute approximate surface area is 218 Å². The lowest BCUT2D eigenvalue weighted by molar-refractivity contribution is -0.142. The third-order valence-corrected chi connectivity index (χ3v) is 7.20. The number of benzene rings is 1. The number of aliphatic carboxylic acids is 1. The van der Waals surface area contributed by atoms with E-state index in [4.69, 9.17) is 4.42 Å². The van der Waals surface area contributed by atoms with Gasteiger partial charge >= 0.3 is 5.97 Å². The maximum absolute atomic E-state index is 12.8. The average molecular weight is 502 g/mol. The summed E-state index contributed by atoms with van der Waals surface area (Å²) in [5.74, 6) is -0.654. The molecule has 1 unspecified atom stereocenters. The van der Waals surface area contributed by atoms with E-state index in [0.717, 1.165) is 24.3 Å². The number of nitrogens with zero attached hydrogens (tertiary/aromatic N) is 2. The number of hydrogen-bond donors (Lipinski definition) is 2. The molecule has 0 radical (unpaired) electrons. The van der Waals surface area contributed by atoms with Crippen LogP contribution in [0.25, 0.3) is 6.08 Å². The van der Waals surface area contributed by atoms with Crippen molar-refractivity contribution in [3.8, 4) is 0 Å². The van der Waals surface area contributed by atoms with Gasteiger partial charge in [-0.3, -0.25) is 14.6 Å². The number of pyridine rings is 1. The first-order chi connectivity index (χ1) is 18.1. The summed E-state index contributed by atoms with van der Waals surface area (Å²) in [7, 11) is 0. The summed E-state index contributed by atoms with van der Waals surface area (Å²) in [5, 5.41) is 13.3. The quantitative estimate of drug-likeness (QED) is 0.294. The molecule has 0 saturated heterocycles. The molecule has 37 heavy (non-hydrogen) atoms. The van der Waals surface area contributed by atoms with Crippen molar-refractivity contribution >= 4 is 18.0 Å². The van der Waals surface area contributed by atoms with Gasteiger partial charge in [0.15, 0.2) is 11.1 Å². The van der Waals surface area contributed by atoms with Crippen LogP contribution in [0, 0.1) is 5.92 Å². The van der Waals surface area contributed by atoms with Gasteiger partial charge < -0.3 is 14.8 Å². The minimum absolute atomic E-state index is 0.0236. The standard InChI is InChI=1S/C30H35N3O4/c34-27(32-20-8-7-13-23-11-3-1-4-12-23)26-22-37-28(33-26)30(29(35)36,25-16-5-2-6-17-25)18-9-14-24-15-10-19-31-21-24/h2,5-6,9-10,14-17,19,21-23H,1,3-4,7-8,11-13,18,20H2,(H,32,34)(H,35,36). The number of unbranched alkanes of at least 4 members (excludes halogenated alkanes) is 1. The number of aromatic nitrogens is 2. The molecule has 194 valence electrons. The van der Waals surface area contributed by atoms with Crippen LogP contribution in [0.4, 0.5) is 0 Å². The Bertz CT molecular complexity index is 1170. The van der Waals surface area contributed by atoms with E-state index in [9.17, 15) is 14.7 Å². The Balaban J connectivity index is 1.45. The summed E-state index contributed by atoms with van der Waals surface area (Å²) in [4.78, 5) is 34.0. The molecule has 2 N–H and O–H groups in total. The van der Waals surface area contributed by atoms with Crippen LogP contribution >= 0.6 is 0 Å². The van der Waals surface area contributed by atoms with Crippen LogP contribution in [0.2, 0.25) is 0 Å². The van der Waals surface area contributed by atoms with E-state index < -0.39 is 11.4 Å². The van der Waals surface area contributed by atoms with Gasteiger partial charge in [0, 0.05) is 18.9 Å². The van der Waals surface area contributed by atoms with Gasteiger partial charge in [0.05, 0.1) is 0 Å². The zero-order valence-corrected chi connectivity index (χ0v) is 21.1.